The predicted molar refractivity (Wildman–Crippen MR) is 47.0 cm³/mol. The molecule has 1 rings (SSSR count). The fourth-order valence-electron chi connectivity index (χ4n) is 0.928. The van der Waals surface area contributed by atoms with E-state index in [4.69, 9.17) is 5.11 Å². The number of hydrogen-bond donors (Lipinski definition) is 2. The van der Waals surface area contributed by atoms with Crippen molar-refractivity contribution in [3.05, 3.63) is 29.6 Å². The van der Waals surface area contributed by atoms with Gasteiger partial charge in [0.1, 0.15) is 11.9 Å². The second-order valence-electron chi connectivity index (χ2n) is 2.95. The monoisotopic (exact) mass is 219 g/mol. The van der Waals surface area contributed by atoms with E-state index in [9.17, 15) is 18.0 Å². The number of anilines is 1. The predicted octanol–water partition coefficient (Wildman–Crippen LogP) is 1.99. The van der Waals surface area contributed by atoms with Crippen LogP contribution in [-0.2, 0) is 4.79 Å². The third kappa shape index (κ3) is 2.61. The molecule has 0 saturated heterocycles. The second kappa shape index (κ2) is 4.20. The van der Waals surface area contributed by atoms with Gasteiger partial charge in [-0.3, -0.25) is 4.79 Å². The lowest BCUT2D eigenvalue weighted by Gasteiger charge is -2.11. The molecule has 1 aromatic rings. The Hall–Kier alpha value is -1.72. The molecule has 0 fully saturated rings. The molecule has 1 aromatic carbocycles. The summed E-state index contributed by atoms with van der Waals surface area (Å²) < 4.78 is 38.2. The Bertz CT molecular complexity index is 395. The highest BCUT2D eigenvalue weighted by molar-refractivity contribution is 5.76. The van der Waals surface area contributed by atoms with Gasteiger partial charge >= 0.3 is 5.97 Å². The summed E-state index contributed by atoms with van der Waals surface area (Å²) in [7, 11) is 0. The van der Waals surface area contributed by atoms with Crippen LogP contribution in [0.4, 0.5) is 18.9 Å². The summed E-state index contributed by atoms with van der Waals surface area (Å²) in [4.78, 5) is 10.4. The quantitative estimate of drug-likeness (QED) is 0.764. The van der Waals surface area contributed by atoms with Crippen LogP contribution in [0.15, 0.2) is 12.1 Å². The average Bonchev–Trinajstić information content (AvgIpc) is 2.13. The molecule has 1 atom stereocenters. The molecule has 0 spiro atoms. The fourth-order valence-corrected chi connectivity index (χ4v) is 0.928. The number of nitrogens with one attached hydrogen (secondary N) is 1. The third-order valence-corrected chi connectivity index (χ3v) is 1.75. The first-order chi connectivity index (χ1) is 6.91. The van der Waals surface area contributed by atoms with Gasteiger partial charge < -0.3 is 10.4 Å². The van der Waals surface area contributed by atoms with Gasteiger partial charge in [0, 0.05) is 12.1 Å². The second-order valence-corrected chi connectivity index (χ2v) is 2.95. The number of carbonyl (C=O) groups is 1. The van der Waals surface area contributed by atoms with Gasteiger partial charge in [0.2, 0.25) is 0 Å². The van der Waals surface area contributed by atoms with E-state index >= 15 is 0 Å². The lowest BCUT2D eigenvalue weighted by molar-refractivity contribution is -0.137. The summed E-state index contributed by atoms with van der Waals surface area (Å²) in [6, 6.07) is -0.166. The molecule has 0 aliphatic heterocycles. The normalized spacial score (nSPS) is 12.3. The van der Waals surface area contributed by atoms with Gasteiger partial charge in [-0.1, -0.05) is 0 Å². The van der Waals surface area contributed by atoms with Crippen LogP contribution in [0.3, 0.4) is 0 Å². The average molecular weight is 219 g/mol. The van der Waals surface area contributed by atoms with Crippen molar-refractivity contribution in [3.8, 4) is 0 Å². The zero-order valence-electron chi connectivity index (χ0n) is 7.72. The van der Waals surface area contributed by atoms with E-state index in [1.165, 1.54) is 6.92 Å². The Labute approximate surface area is 83.5 Å². The topological polar surface area (TPSA) is 49.3 Å². The molecule has 3 nitrogen and oxygen atoms in total. The maximum atomic E-state index is 13.0. The van der Waals surface area contributed by atoms with Gasteiger partial charge in [-0.05, 0) is 6.92 Å². The van der Waals surface area contributed by atoms with Gasteiger partial charge in [0.05, 0.1) is 5.69 Å². The van der Waals surface area contributed by atoms with Crippen molar-refractivity contribution in [1.82, 2.24) is 0 Å². The van der Waals surface area contributed by atoms with Gasteiger partial charge in [-0.25, -0.2) is 13.2 Å². The summed E-state index contributed by atoms with van der Waals surface area (Å²) in [5, 5.41) is 10.7. The lowest BCUT2D eigenvalue weighted by Crippen LogP contribution is -2.26. The summed E-state index contributed by atoms with van der Waals surface area (Å²) in [5.74, 6) is -4.82. The minimum atomic E-state index is -1.32. The van der Waals surface area contributed by atoms with Crippen molar-refractivity contribution in [2.75, 3.05) is 5.32 Å². The van der Waals surface area contributed by atoms with Crippen LogP contribution in [0.25, 0.3) is 0 Å². The third-order valence-electron chi connectivity index (χ3n) is 1.75. The SMILES string of the molecule is CC(Nc1cc(F)c(F)cc1F)C(=O)O. The fraction of sp³-hybridized carbons (Fsp3) is 0.222. The molecule has 15 heavy (non-hydrogen) atoms. The summed E-state index contributed by atoms with van der Waals surface area (Å²) >= 11 is 0. The van der Waals surface area contributed by atoms with Crippen LogP contribution in [-0.4, -0.2) is 17.1 Å². The maximum absolute atomic E-state index is 13.0. The molecule has 82 valence electrons. The molecule has 0 saturated carbocycles. The Morgan fingerprint density at radius 1 is 1.27 bits per heavy atom. The zero-order valence-corrected chi connectivity index (χ0v) is 7.72. The number of carboxylic acid groups (broad SMARTS) is 1. The van der Waals surface area contributed by atoms with E-state index in [-0.39, 0.29) is 5.69 Å². The lowest BCUT2D eigenvalue weighted by atomic mass is 10.2. The molecule has 0 bridgehead atoms. The van der Waals surface area contributed by atoms with E-state index in [0.29, 0.717) is 12.1 Å². The van der Waals surface area contributed by atoms with E-state index < -0.39 is 29.5 Å². The number of carboxylic acids is 1. The van der Waals surface area contributed by atoms with E-state index in [2.05, 4.69) is 5.32 Å². The van der Waals surface area contributed by atoms with Crippen LogP contribution < -0.4 is 5.32 Å². The number of benzene rings is 1. The molecule has 0 aromatic heterocycles. The number of aliphatic carboxylic acids is 1. The van der Waals surface area contributed by atoms with Gasteiger partial charge in [0.15, 0.2) is 11.6 Å². The molecule has 0 heterocycles. The molecule has 0 aliphatic rings. The molecular formula is C9H8F3NO2. The molecule has 2 N–H and O–H groups in total. The maximum Gasteiger partial charge on any atom is 0.325 e. The number of hydrogen-bond acceptors (Lipinski definition) is 2. The summed E-state index contributed by atoms with van der Waals surface area (Å²) in [6.07, 6.45) is 0. The molecule has 0 aliphatic carbocycles. The molecule has 6 heteroatoms. The first-order valence-corrected chi connectivity index (χ1v) is 4.05. The minimum Gasteiger partial charge on any atom is -0.480 e. The Morgan fingerprint density at radius 3 is 2.33 bits per heavy atom. The van der Waals surface area contributed by atoms with Crippen molar-refractivity contribution in [2.24, 2.45) is 0 Å². The largest absolute Gasteiger partial charge is 0.480 e. The first kappa shape index (κ1) is 11.4. The van der Waals surface area contributed by atoms with E-state index in [1.54, 1.807) is 0 Å². The van der Waals surface area contributed by atoms with Gasteiger partial charge in [-0.15, -0.1) is 0 Å². The van der Waals surface area contributed by atoms with Gasteiger partial charge in [0.25, 0.3) is 0 Å². The zero-order chi connectivity index (χ0) is 11.6. The molecule has 1 unspecified atom stereocenters. The summed E-state index contributed by atoms with van der Waals surface area (Å²) in [6.45, 7) is 1.25. The standard InChI is InChI=1S/C9H8F3NO2/c1-4(9(14)15)13-8-3-6(11)5(10)2-7(8)12/h2-4,13H,1H3,(H,14,15). The van der Waals surface area contributed by atoms with Crippen molar-refractivity contribution in [3.63, 3.8) is 0 Å². The van der Waals surface area contributed by atoms with E-state index in [0.717, 1.165) is 0 Å². The Balaban J connectivity index is 2.95. The summed E-state index contributed by atoms with van der Waals surface area (Å²) in [5.41, 5.74) is -0.385. The molecular weight excluding hydrogens is 211 g/mol. The Morgan fingerprint density at radius 2 is 1.80 bits per heavy atom. The highest BCUT2D eigenvalue weighted by Crippen LogP contribution is 2.19. The van der Waals surface area contributed by atoms with Crippen molar-refractivity contribution in [2.45, 2.75) is 13.0 Å². The highest BCUT2D eigenvalue weighted by atomic mass is 19.2. The van der Waals surface area contributed by atoms with Crippen LogP contribution in [0.2, 0.25) is 0 Å². The minimum absolute atomic E-state index is 0.353. The van der Waals surface area contributed by atoms with Crippen molar-refractivity contribution < 1.29 is 23.1 Å². The number of rotatable bonds is 3. The smallest absolute Gasteiger partial charge is 0.325 e. The highest BCUT2D eigenvalue weighted by Gasteiger charge is 2.15. The van der Waals surface area contributed by atoms with Crippen molar-refractivity contribution in [1.29, 1.82) is 0 Å². The van der Waals surface area contributed by atoms with Crippen LogP contribution in [0.5, 0.6) is 0 Å². The Kier molecular flexibility index (Phi) is 3.18. The number of halogens is 3. The van der Waals surface area contributed by atoms with Crippen molar-refractivity contribution >= 4 is 11.7 Å². The molecule has 0 radical (unpaired) electrons. The molecule has 0 amide bonds. The first-order valence-electron chi connectivity index (χ1n) is 4.05. The van der Waals surface area contributed by atoms with Gasteiger partial charge in [-0.2, -0.15) is 0 Å². The van der Waals surface area contributed by atoms with E-state index in [1.807, 2.05) is 0 Å². The van der Waals surface area contributed by atoms with Crippen LogP contribution >= 0.6 is 0 Å². The van der Waals surface area contributed by atoms with Crippen LogP contribution in [0, 0.1) is 17.5 Å². The van der Waals surface area contributed by atoms with Crippen LogP contribution in [0.1, 0.15) is 6.92 Å².